The van der Waals surface area contributed by atoms with Crippen LogP contribution in [0.25, 0.3) is 0 Å². The summed E-state index contributed by atoms with van der Waals surface area (Å²) in [6.07, 6.45) is 6.54. The molecule has 2 aliphatic rings. The van der Waals surface area contributed by atoms with Crippen molar-refractivity contribution in [2.75, 3.05) is 52.5 Å². The predicted molar refractivity (Wildman–Crippen MR) is 101 cm³/mol. The molecule has 2 rings (SSSR count). The van der Waals surface area contributed by atoms with Gasteiger partial charge in [0.1, 0.15) is 0 Å². The maximum atomic E-state index is 6.27. The quantitative estimate of drug-likeness (QED) is 0.601. The molecule has 2 fully saturated rings. The van der Waals surface area contributed by atoms with Gasteiger partial charge in [-0.25, -0.2) is 0 Å². The highest BCUT2D eigenvalue weighted by Gasteiger charge is 2.39. The molecule has 2 aliphatic heterocycles. The van der Waals surface area contributed by atoms with Gasteiger partial charge in [0.2, 0.25) is 0 Å². The number of rotatable bonds is 9. The van der Waals surface area contributed by atoms with E-state index in [-0.39, 0.29) is 5.60 Å². The molecule has 0 saturated carbocycles. The molecule has 1 spiro atoms. The zero-order chi connectivity index (χ0) is 17.4. The Balaban J connectivity index is 1.63. The van der Waals surface area contributed by atoms with Gasteiger partial charge in [-0.15, -0.1) is 0 Å². The SMILES string of the molecule is CC(C)CN1CCC2(CC1)CN(CCCCCOC(C)C)CCO2. The first-order valence-corrected chi connectivity index (χ1v) is 10.2. The molecule has 142 valence electrons. The van der Waals surface area contributed by atoms with Crippen molar-refractivity contribution in [2.24, 2.45) is 5.92 Å². The second-order valence-corrected chi connectivity index (χ2v) is 8.48. The first kappa shape index (κ1) is 20.2. The molecule has 0 aromatic heterocycles. The van der Waals surface area contributed by atoms with E-state index in [0.717, 1.165) is 32.2 Å². The first-order valence-electron chi connectivity index (χ1n) is 10.2. The summed E-state index contributed by atoms with van der Waals surface area (Å²) in [6.45, 7) is 17.8. The van der Waals surface area contributed by atoms with Gasteiger partial charge in [0, 0.05) is 39.3 Å². The smallest absolute Gasteiger partial charge is 0.0833 e. The van der Waals surface area contributed by atoms with Crippen LogP contribution in [-0.2, 0) is 9.47 Å². The number of unbranched alkanes of at least 4 members (excludes halogenated alkanes) is 2. The second-order valence-electron chi connectivity index (χ2n) is 8.48. The van der Waals surface area contributed by atoms with Gasteiger partial charge in [-0.3, -0.25) is 4.90 Å². The van der Waals surface area contributed by atoms with E-state index in [4.69, 9.17) is 9.47 Å². The fraction of sp³-hybridized carbons (Fsp3) is 1.00. The van der Waals surface area contributed by atoms with E-state index in [2.05, 4.69) is 37.5 Å². The summed E-state index contributed by atoms with van der Waals surface area (Å²) in [7, 11) is 0. The van der Waals surface area contributed by atoms with E-state index in [0.29, 0.717) is 6.10 Å². The van der Waals surface area contributed by atoms with Crippen LogP contribution in [0, 0.1) is 5.92 Å². The number of ether oxygens (including phenoxy) is 2. The number of hydrogen-bond acceptors (Lipinski definition) is 4. The Morgan fingerprint density at radius 2 is 1.71 bits per heavy atom. The zero-order valence-electron chi connectivity index (χ0n) is 16.6. The molecule has 0 aliphatic carbocycles. The van der Waals surface area contributed by atoms with Crippen LogP contribution >= 0.6 is 0 Å². The highest BCUT2D eigenvalue weighted by Crippen LogP contribution is 2.30. The largest absolute Gasteiger partial charge is 0.379 e. The minimum Gasteiger partial charge on any atom is -0.379 e. The summed E-state index contributed by atoms with van der Waals surface area (Å²) in [6, 6.07) is 0. The van der Waals surface area contributed by atoms with Gasteiger partial charge in [-0.1, -0.05) is 13.8 Å². The Bertz CT molecular complexity index is 339. The summed E-state index contributed by atoms with van der Waals surface area (Å²) in [5, 5.41) is 0. The van der Waals surface area contributed by atoms with Crippen LogP contribution in [0.5, 0.6) is 0 Å². The second kappa shape index (κ2) is 10.1. The molecule has 0 aromatic carbocycles. The van der Waals surface area contributed by atoms with Crippen LogP contribution in [-0.4, -0.2) is 74.0 Å². The topological polar surface area (TPSA) is 24.9 Å². The van der Waals surface area contributed by atoms with E-state index in [1.807, 2.05) is 0 Å². The van der Waals surface area contributed by atoms with E-state index in [1.54, 1.807) is 0 Å². The van der Waals surface area contributed by atoms with Gasteiger partial charge in [-0.2, -0.15) is 0 Å². The van der Waals surface area contributed by atoms with Gasteiger partial charge >= 0.3 is 0 Å². The third kappa shape index (κ3) is 6.99. The van der Waals surface area contributed by atoms with Crippen LogP contribution in [0.1, 0.15) is 59.8 Å². The van der Waals surface area contributed by atoms with Crippen molar-refractivity contribution in [1.29, 1.82) is 0 Å². The average molecular weight is 341 g/mol. The van der Waals surface area contributed by atoms with Crippen LogP contribution in [0.3, 0.4) is 0 Å². The highest BCUT2D eigenvalue weighted by atomic mass is 16.5. The van der Waals surface area contributed by atoms with Crippen molar-refractivity contribution in [3.8, 4) is 0 Å². The van der Waals surface area contributed by atoms with Crippen molar-refractivity contribution >= 4 is 0 Å². The van der Waals surface area contributed by atoms with Crippen molar-refractivity contribution in [1.82, 2.24) is 9.80 Å². The summed E-state index contributed by atoms with van der Waals surface area (Å²) >= 11 is 0. The molecule has 24 heavy (non-hydrogen) atoms. The van der Waals surface area contributed by atoms with E-state index in [1.165, 1.54) is 58.3 Å². The molecule has 4 heteroatoms. The van der Waals surface area contributed by atoms with Crippen LogP contribution < -0.4 is 0 Å². The lowest BCUT2D eigenvalue weighted by Gasteiger charge is -2.47. The molecule has 0 bridgehead atoms. The van der Waals surface area contributed by atoms with Crippen LogP contribution in [0.15, 0.2) is 0 Å². The number of hydrogen-bond donors (Lipinski definition) is 0. The lowest BCUT2D eigenvalue weighted by atomic mass is 9.89. The van der Waals surface area contributed by atoms with Crippen LogP contribution in [0.4, 0.5) is 0 Å². The molecule has 2 heterocycles. The molecule has 0 aromatic rings. The number of nitrogens with zero attached hydrogens (tertiary/aromatic N) is 2. The van der Waals surface area contributed by atoms with Gasteiger partial charge < -0.3 is 14.4 Å². The fourth-order valence-corrected chi connectivity index (χ4v) is 4.01. The Morgan fingerprint density at radius 1 is 0.958 bits per heavy atom. The number of likely N-dealkylation sites (tertiary alicyclic amines) is 1. The monoisotopic (exact) mass is 340 g/mol. The molecule has 0 amide bonds. The first-order chi connectivity index (χ1) is 11.5. The summed E-state index contributed by atoms with van der Waals surface area (Å²) < 4.78 is 11.9. The van der Waals surface area contributed by atoms with Gasteiger partial charge in [-0.05, 0) is 58.4 Å². The maximum Gasteiger partial charge on any atom is 0.0833 e. The maximum absolute atomic E-state index is 6.27. The zero-order valence-corrected chi connectivity index (χ0v) is 16.6. The normalized spacial score (nSPS) is 22.8. The Hall–Kier alpha value is -0.160. The molecule has 2 saturated heterocycles. The van der Waals surface area contributed by atoms with Crippen molar-refractivity contribution in [3.63, 3.8) is 0 Å². The van der Waals surface area contributed by atoms with E-state index >= 15 is 0 Å². The minimum atomic E-state index is 0.145. The molecule has 4 nitrogen and oxygen atoms in total. The molecular weight excluding hydrogens is 300 g/mol. The number of morpholine rings is 1. The molecule has 0 atom stereocenters. The molecule has 0 N–H and O–H groups in total. The average Bonchev–Trinajstić information content (AvgIpc) is 2.53. The third-order valence-electron chi connectivity index (χ3n) is 5.29. The standard InChI is InChI=1S/C20H40N2O2/c1-18(2)16-21-11-8-20(9-12-21)17-22(13-15-24-20)10-6-5-7-14-23-19(3)4/h18-19H,5-17H2,1-4H3. The van der Waals surface area contributed by atoms with Crippen molar-refractivity contribution in [3.05, 3.63) is 0 Å². The number of piperidine rings is 1. The minimum absolute atomic E-state index is 0.145. The summed E-state index contributed by atoms with van der Waals surface area (Å²) in [5.41, 5.74) is 0.145. The van der Waals surface area contributed by atoms with Crippen molar-refractivity contribution < 1.29 is 9.47 Å². The Morgan fingerprint density at radius 3 is 2.38 bits per heavy atom. The van der Waals surface area contributed by atoms with Gasteiger partial charge in [0.25, 0.3) is 0 Å². The molecule has 0 unspecified atom stereocenters. The van der Waals surface area contributed by atoms with E-state index < -0.39 is 0 Å². The lowest BCUT2D eigenvalue weighted by Crippen LogP contribution is -2.57. The molecular formula is C20H40N2O2. The predicted octanol–water partition coefficient (Wildman–Crippen LogP) is 3.40. The lowest BCUT2D eigenvalue weighted by molar-refractivity contribution is -0.136. The summed E-state index contributed by atoms with van der Waals surface area (Å²) in [5.74, 6) is 0.766. The van der Waals surface area contributed by atoms with Crippen molar-refractivity contribution in [2.45, 2.75) is 71.5 Å². The molecule has 0 radical (unpaired) electrons. The summed E-state index contributed by atoms with van der Waals surface area (Å²) in [4.78, 5) is 5.26. The van der Waals surface area contributed by atoms with Gasteiger partial charge in [0.15, 0.2) is 0 Å². The van der Waals surface area contributed by atoms with Crippen LogP contribution in [0.2, 0.25) is 0 Å². The van der Waals surface area contributed by atoms with Gasteiger partial charge in [0.05, 0.1) is 18.3 Å². The fourth-order valence-electron chi connectivity index (χ4n) is 4.01. The highest BCUT2D eigenvalue weighted by molar-refractivity contribution is 4.93. The third-order valence-corrected chi connectivity index (χ3v) is 5.29. The Labute approximate surface area is 149 Å². The Kier molecular flexibility index (Phi) is 8.48. The van der Waals surface area contributed by atoms with E-state index in [9.17, 15) is 0 Å².